The van der Waals surface area contributed by atoms with Gasteiger partial charge in [0.25, 0.3) is 6.71 Å². The van der Waals surface area contributed by atoms with Crippen LogP contribution in [0.1, 0.15) is 43.4 Å². The van der Waals surface area contributed by atoms with Crippen LogP contribution in [0.2, 0.25) is 0 Å². The molecule has 24 heavy (non-hydrogen) atoms. The molecule has 2 aromatic rings. The third-order valence-corrected chi connectivity index (χ3v) is 5.23. The van der Waals surface area contributed by atoms with Crippen molar-refractivity contribution in [1.82, 2.24) is 9.97 Å². The molecule has 122 valence electrons. The van der Waals surface area contributed by atoms with E-state index in [-0.39, 0.29) is 18.2 Å². The topological polar surface area (TPSA) is 71.8 Å². The number of H-pyrrole nitrogens is 1. The molecule has 2 unspecified atom stereocenters. The van der Waals surface area contributed by atoms with Gasteiger partial charge in [-0.1, -0.05) is 29.3 Å². The van der Waals surface area contributed by atoms with Gasteiger partial charge in [0.05, 0.1) is 17.1 Å². The number of rotatable bonds is 3. The number of carbonyl (C=O) groups is 1. The maximum atomic E-state index is 12.8. The van der Waals surface area contributed by atoms with Crippen LogP contribution in [0.4, 0.5) is 0 Å². The first-order valence-corrected chi connectivity index (χ1v) is 8.69. The van der Waals surface area contributed by atoms with Crippen molar-refractivity contribution in [3.8, 4) is 0 Å². The molecule has 2 atom stereocenters. The molecule has 2 aliphatic rings. The van der Waals surface area contributed by atoms with E-state index in [1.165, 1.54) is 16.6 Å². The zero-order valence-corrected chi connectivity index (χ0v) is 14.2. The number of fused-ring (bicyclic) bond motifs is 2. The Morgan fingerprint density at radius 1 is 1.38 bits per heavy atom. The summed E-state index contributed by atoms with van der Waals surface area (Å²) in [6.45, 7) is 3.69. The van der Waals surface area contributed by atoms with Crippen LogP contribution in [-0.2, 0) is 4.79 Å². The van der Waals surface area contributed by atoms with Gasteiger partial charge in [0, 0.05) is 5.82 Å². The van der Waals surface area contributed by atoms with E-state index in [2.05, 4.69) is 36.2 Å². The predicted octanol–water partition coefficient (Wildman–Crippen LogP) is 3.03. The summed E-state index contributed by atoms with van der Waals surface area (Å²) in [6, 6.07) is 5.76. The molecule has 3 N–H and O–H groups in total. The number of aromatic amines is 1. The third-order valence-electron chi connectivity index (χ3n) is 5.23. The van der Waals surface area contributed by atoms with Crippen molar-refractivity contribution in [2.45, 2.75) is 45.0 Å². The number of aromatic nitrogens is 2. The largest absolute Gasteiger partial charge is 0.342 e. The Morgan fingerprint density at radius 2 is 2.17 bits per heavy atom. The number of nitrogens with one attached hydrogen (secondary N) is 1. The Morgan fingerprint density at radius 3 is 2.96 bits per heavy atom. The molecule has 1 aromatic carbocycles. The zero-order valence-electron chi connectivity index (χ0n) is 14.2. The molecular formula is C19H22BN3O. The van der Waals surface area contributed by atoms with Crippen LogP contribution in [0.5, 0.6) is 0 Å². The molecule has 1 saturated heterocycles. The summed E-state index contributed by atoms with van der Waals surface area (Å²) in [7, 11) is 0. The van der Waals surface area contributed by atoms with Crippen molar-refractivity contribution in [2.24, 2.45) is 5.73 Å². The Hall–Kier alpha value is -2.14. The lowest BCUT2D eigenvalue weighted by Crippen LogP contribution is -2.42. The number of aryl methyl sites for hydroxylation is 1. The average molecular weight is 319 g/mol. The molecule has 1 aromatic heterocycles. The summed E-state index contributed by atoms with van der Waals surface area (Å²) in [6.07, 6.45) is 7.45. The highest BCUT2D eigenvalue weighted by Gasteiger charge is 2.46. The Labute approximate surface area is 142 Å². The second-order valence-electron chi connectivity index (χ2n) is 7.09. The van der Waals surface area contributed by atoms with Crippen LogP contribution >= 0.6 is 0 Å². The fraction of sp³-hybridized carbons (Fsp3) is 0.368. The third kappa shape index (κ3) is 2.44. The van der Waals surface area contributed by atoms with Crippen LogP contribution in [-0.4, -0.2) is 28.4 Å². The molecule has 2 heterocycles. The lowest BCUT2D eigenvalue weighted by molar-refractivity contribution is -0.113. The van der Waals surface area contributed by atoms with Crippen molar-refractivity contribution < 1.29 is 4.79 Å². The van der Waals surface area contributed by atoms with Crippen molar-refractivity contribution in [1.29, 1.82) is 0 Å². The molecule has 0 spiro atoms. The van der Waals surface area contributed by atoms with Gasteiger partial charge in [-0.3, -0.25) is 0 Å². The minimum atomic E-state index is -0.453. The Balaban J connectivity index is 1.80. The first-order valence-electron chi connectivity index (χ1n) is 8.69. The van der Waals surface area contributed by atoms with Gasteiger partial charge in [0.15, 0.2) is 0 Å². The number of benzene rings is 1. The monoisotopic (exact) mass is 319 g/mol. The summed E-state index contributed by atoms with van der Waals surface area (Å²) < 4.78 is 0. The van der Waals surface area contributed by atoms with Gasteiger partial charge in [-0.25, -0.2) is 4.98 Å². The molecule has 1 aliphatic carbocycles. The van der Waals surface area contributed by atoms with Crippen LogP contribution in [0.15, 0.2) is 41.4 Å². The number of imidazole rings is 1. The van der Waals surface area contributed by atoms with Gasteiger partial charge < -0.3 is 15.5 Å². The SMILES string of the molecule is Cc1ccc2nc(C3CC4=CCCC=C4B3C(=O)C(C)N)[nH]c2c1. The van der Waals surface area contributed by atoms with Crippen LogP contribution in [0.3, 0.4) is 0 Å². The van der Waals surface area contributed by atoms with Crippen molar-refractivity contribution >= 4 is 23.4 Å². The van der Waals surface area contributed by atoms with Crippen LogP contribution in [0, 0.1) is 6.92 Å². The number of hydrogen-bond donors (Lipinski definition) is 2. The summed E-state index contributed by atoms with van der Waals surface area (Å²) in [4.78, 5) is 21.1. The standard InChI is InChI=1S/C19H22BN3O/c1-11-7-8-16-17(9-11)23-19(22-16)15-10-13-5-3-4-6-14(13)20(15)18(24)12(2)21/h5-9,12,15H,3-4,10,21H2,1-2H3,(H,22,23). The maximum absolute atomic E-state index is 12.8. The minimum Gasteiger partial charge on any atom is -0.342 e. The first kappa shape index (κ1) is 15.4. The van der Waals surface area contributed by atoms with Crippen molar-refractivity contribution in [2.75, 3.05) is 0 Å². The Kier molecular flexibility index (Phi) is 3.68. The van der Waals surface area contributed by atoms with Gasteiger partial charge >= 0.3 is 0 Å². The molecule has 4 rings (SSSR count). The van der Waals surface area contributed by atoms with E-state index in [0.29, 0.717) is 0 Å². The van der Waals surface area contributed by atoms with Crippen LogP contribution < -0.4 is 5.73 Å². The number of hydrogen-bond acceptors (Lipinski definition) is 3. The van der Waals surface area contributed by atoms with E-state index < -0.39 is 6.04 Å². The molecule has 1 fully saturated rings. The van der Waals surface area contributed by atoms with E-state index in [0.717, 1.165) is 36.1 Å². The highest BCUT2D eigenvalue weighted by atomic mass is 16.1. The molecular weight excluding hydrogens is 297 g/mol. The highest BCUT2D eigenvalue weighted by Crippen LogP contribution is 2.43. The summed E-state index contributed by atoms with van der Waals surface area (Å²) >= 11 is 0. The summed E-state index contributed by atoms with van der Waals surface area (Å²) in [5.41, 5.74) is 11.8. The smallest absolute Gasteiger partial charge is 0.269 e. The zero-order chi connectivity index (χ0) is 16.8. The number of nitrogens with zero attached hydrogens (tertiary/aromatic N) is 1. The van der Waals surface area contributed by atoms with Gasteiger partial charge in [-0.2, -0.15) is 0 Å². The predicted molar refractivity (Wildman–Crippen MR) is 98.0 cm³/mol. The second-order valence-corrected chi connectivity index (χ2v) is 7.09. The van der Waals surface area contributed by atoms with Gasteiger partial charge in [0.2, 0.25) is 0 Å². The molecule has 0 radical (unpaired) electrons. The highest BCUT2D eigenvalue weighted by molar-refractivity contribution is 6.98. The summed E-state index contributed by atoms with van der Waals surface area (Å²) in [5, 5.41) is 0. The molecule has 4 nitrogen and oxygen atoms in total. The fourth-order valence-electron chi connectivity index (χ4n) is 4.05. The quantitative estimate of drug-likeness (QED) is 0.854. The molecule has 5 heteroatoms. The van der Waals surface area contributed by atoms with Gasteiger partial charge in [0.1, 0.15) is 11.5 Å². The first-order chi connectivity index (χ1) is 11.5. The normalized spacial score (nSPS) is 21.5. The van der Waals surface area contributed by atoms with E-state index >= 15 is 0 Å². The average Bonchev–Trinajstić information content (AvgIpc) is 3.14. The number of nitrogens with two attached hydrogens (primary N) is 1. The van der Waals surface area contributed by atoms with Gasteiger partial charge in [-0.15, -0.1) is 0 Å². The maximum Gasteiger partial charge on any atom is 0.269 e. The van der Waals surface area contributed by atoms with Crippen LogP contribution in [0.25, 0.3) is 11.0 Å². The molecule has 1 aliphatic heterocycles. The lowest BCUT2D eigenvalue weighted by atomic mass is 9.36. The fourth-order valence-corrected chi connectivity index (χ4v) is 4.05. The minimum absolute atomic E-state index is 0.0619. The second kappa shape index (κ2) is 5.74. The number of carbonyl (C=O) groups excluding carboxylic acids is 1. The van der Waals surface area contributed by atoms with E-state index in [1.54, 1.807) is 6.92 Å². The molecule has 0 bridgehead atoms. The van der Waals surface area contributed by atoms with Crippen molar-refractivity contribution in [3.05, 3.63) is 52.8 Å². The van der Waals surface area contributed by atoms with E-state index in [1.807, 2.05) is 6.07 Å². The van der Waals surface area contributed by atoms with E-state index in [9.17, 15) is 4.79 Å². The summed E-state index contributed by atoms with van der Waals surface area (Å²) in [5.74, 6) is 0.970. The van der Waals surface area contributed by atoms with Gasteiger partial charge in [-0.05, 0) is 50.8 Å². The molecule has 0 saturated carbocycles. The lowest BCUT2D eigenvalue weighted by Gasteiger charge is -2.17. The Bertz CT molecular complexity index is 878. The number of allylic oxidation sites excluding steroid dienone is 4. The van der Waals surface area contributed by atoms with E-state index in [4.69, 9.17) is 10.7 Å². The molecule has 0 amide bonds. The van der Waals surface area contributed by atoms with Crippen molar-refractivity contribution in [3.63, 3.8) is 0 Å².